The van der Waals surface area contributed by atoms with Gasteiger partial charge in [-0.2, -0.15) is 12.6 Å². The summed E-state index contributed by atoms with van der Waals surface area (Å²) >= 11 is 4.19. The molecule has 1 saturated heterocycles. The highest BCUT2D eigenvalue weighted by Gasteiger charge is 2.39. The quantitative estimate of drug-likeness (QED) is 0.0837. The Bertz CT molecular complexity index is 1450. The minimum Gasteiger partial charge on any atom is -0.480 e. The Morgan fingerprint density at radius 3 is 1.93 bits per heavy atom. The zero-order valence-electron chi connectivity index (χ0n) is 32.6. The van der Waals surface area contributed by atoms with E-state index < -0.39 is 83.7 Å². The van der Waals surface area contributed by atoms with E-state index >= 15 is 0 Å². The minimum atomic E-state index is -1.19. The molecular weight excluding hydrogens is 715 g/mol. The van der Waals surface area contributed by atoms with Crippen LogP contribution in [0.5, 0.6) is 0 Å². The normalized spacial score (nSPS) is 18.1. The van der Waals surface area contributed by atoms with Crippen molar-refractivity contribution in [2.45, 2.75) is 129 Å². The highest BCUT2D eigenvalue weighted by molar-refractivity contribution is 7.80. The average Bonchev–Trinajstić information content (AvgIpc) is 3.61. The van der Waals surface area contributed by atoms with Crippen LogP contribution in [-0.2, 0) is 40.0 Å². The molecule has 0 saturated carbocycles. The van der Waals surface area contributed by atoms with E-state index in [-0.39, 0.29) is 36.5 Å². The molecule has 54 heavy (non-hydrogen) atoms. The van der Waals surface area contributed by atoms with Gasteiger partial charge in [0.2, 0.25) is 35.4 Å². The Hall–Kier alpha value is -4.18. The molecule has 1 heterocycles. The molecule has 1 aromatic rings. The molecule has 6 amide bonds. The molecular formula is C38H61N7O8S. The van der Waals surface area contributed by atoms with E-state index in [1.165, 1.54) is 11.8 Å². The number of carboxylic acids is 1. The van der Waals surface area contributed by atoms with Gasteiger partial charge in [0.1, 0.15) is 36.3 Å². The number of amides is 6. The Morgan fingerprint density at radius 2 is 1.37 bits per heavy atom. The lowest BCUT2D eigenvalue weighted by atomic mass is 9.99. The van der Waals surface area contributed by atoms with E-state index in [1.807, 2.05) is 33.8 Å². The number of likely N-dealkylation sites (tertiary alicyclic amines) is 1. The first-order chi connectivity index (χ1) is 25.4. The molecule has 1 aliphatic heterocycles. The van der Waals surface area contributed by atoms with Gasteiger partial charge in [0.05, 0.1) is 6.04 Å². The molecule has 1 aliphatic rings. The molecule has 0 bridgehead atoms. The van der Waals surface area contributed by atoms with Gasteiger partial charge in [-0.1, -0.05) is 78.3 Å². The van der Waals surface area contributed by atoms with Crippen molar-refractivity contribution in [2.75, 3.05) is 12.3 Å². The van der Waals surface area contributed by atoms with E-state index in [1.54, 1.807) is 38.1 Å². The van der Waals surface area contributed by atoms with Gasteiger partial charge in [0.15, 0.2) is 0 Å². The predicted molar refractivity (Wildman–Crippen MR) is 208 cm³/mol. The van der Waals surface area contributed by atoms with Gasteiger partial charge in [0.25, 0.3) is 0 Å². The molecule has 16 heteroatoms. The molecule has 0 radical (unpaired) electrons. The monoisotopic (exact) mass is 775 g/mol. The number of carbonyl (C=O) groups is 7. The summed E-state index contributed by atoms with van der Waals surface area (Å²) in [5.74, 6) is -4.99. The number of nitrogens with two attached hydrogens (primary N) is 1. The second-order valence-corrected chi connectivity index (χ2v) is 15.4. The molecule has 8 atom stereocenters. The zero-order chi connectivity index (χ0) is 40.7. The fourth-order valence-electron chi connectivity index (χ4n) is 6.25. The highest BCUT2D eigenvalue weighted by atomic mass is 32.1. The van der Waals surface area contributed by atoms with Crippen LogP contribution in [-0.4, -0.2) is 106 Å². The summed E-state index contributed by atoms with van der Waals surface area (Å²) in [4.78, 5) is 93.6. The number of aliphatic carboxylic acids is 1. The average molecular weight is 776 g/mol. The second kappa shape index (κ2) is 22.3. The predicted octanol–water partition coefficient (Wildman–Crippen LogP) is 1.14. The lowest BCUT2D eigenvalue weighted by Crippen LogP contribution is -2.59. The third-order valence-corrected chi connectivity index (χ3v) is 9.84. The smallest absolute Gasteiger partial charge is 0.326 e. The van der Waals surface area contributed by atoms with Crippen molar-refractivity contribution in [1.82, 2.24) is 31.5 Å². The fourth-order valence-corrected chi connectivity index (χ4v) is 6.51. The van der Waals surface area contributed by atoms with Crippen LogP contribution in [0.15, 0.2) is 30.3 Å². The van der Waals surface area contributed by atoms with E-state index in [9.17, 15) is 38.7 Å². The van der Waals surface area contributed by atoms with Crippen LogP contribution >= 0.6 is 12.6 Å². The minimum absolute atomic E-state index is 0.0239. The molecule has 0 aromatic heterocycles. The molecule has 15 nitrogen and oxygen atoms in total. The number of nitrogens with one attached hydrogen (secondary N) is 5. The van der Waals surface area contributed by atoms with E-state index in [2.05, 4.69) is 39.2 Å². The summed E-state index contributed by atoms with van der Waals surface area (Å²) in [5, 5.41) is 22.9. The van der Waals surface area contributed by atoms with Gasteiger partial charge in [-0.3, -0.25) is 28.8 Å². The summed E-state index contributed by atoms with van der Waals surface area (Å²) in [6, 6.07) is 1.78. The number of carbonyl (C=O) groups excluding carboxylic acids is 6. The molecule has 8 unspecified atom stereocenters. The third kappa shape index (κ3) is 14.2. The Labute approximate surface area is 324 Å². The van der Waals surface area contributed by atoms with Crippen molar-refractivity contribution in [2.24, 2.45) is 23.5 Å². The summed E-state index contributed by atoms with van der Waals surface area (Å²) in [6.45, 7) is 12.9. The summed E-state index contributed by atoms with van der Waals surface area (Å²) in [6.07, 6.45) is 2.13. The number of nitrogens with zero attached hydrogens (tertiary/aromatic N) is 1. The van der Waals surface area contributed by atoms with Crippen molar-refractivity contribution in [3.63, 3.8) is 0 Å². The van der Waals surface area contributed by atoms with Crippen molar-refractivity contribution >= 4 is 54.0 Å². The van der Waals surface area contributed by atoms with Gasteiger partial charge in [-0.05, 0) is 55.9 Å². The Balaban J connectivity index is 2.20. The van der Waals surface area contributed by atoms with Gasteiger partial charge in [0, 0.05) is 18.7 Å². The van der Waals surface area contributed by atoms with Gasteiger partial charge in [-0.25, -0.2) is 4.79 Å². The zero-order valence-corrected chi connectivity index (χ0v) is 33.5. The number of hydrogen-bond acceptors (Lipinski definition) is 9. The van der Waals surface area contributed by atoms with Crippen molar-refractivity contribution < 1.29 is 38.7 Å². The number of rotatable bonds is 21. The molecule has 1 fully saturated rings. The fraction of sp³-hybridized carbons (Fsp3) is 0.658. The van der Waals surface area contributed by atoms with Crippen molar-refractivity contribution in [3.8, 4) is 0 Å². The summed E-state index contributed by atoms with van der Waals surface area (Å²) < 4.78 is 0. The van der Waals surface area contributed by atoms with Crippen LogP contribution in [0.25, 0.3) is 0 Å². The maximum atomic E-state index is 13.8. The first-order valence-electron chi connectivity index (χ1n) is 18.8. The van der Waals surface area contributed by atoms with Crippen LogP contribution in [0.2, 0.25) is 0 Å². The number of benzene rings is 1. The van der Waals surface area contributed by atoms with Crippen LogP contribution in [0.3, 0.4) is 0 Å². The lowest BCUT2D eigenvalue weighted by molar-refractivity contribution is -0.144. The van der Waals surface area contributed by atoms with Gasteiger partial charge in [-0.15, -0.1) is 0 Å². The standard InChI is InChI=1S/C38H61N7O8S/c1-8-23(6)31(38(52)53)44-35(49)29(20-54)43-36(50)30-15-12-16-45(30)37(51)24(7)40-33(47)28(19-25-13-10-9-11-14-25)42-34(48)27(18-22(4)5)41-32(46)26(39)17-21(2)3/h9-11,13-14,21-24,26-31,54H,8,12,15-20,39H2,1-7H3,(H,40,47)(H,41,46)(H,42,48)(H,43,50)(H,44,49)(H,52,53). The number of hydrogen-bond donors (Lipinski definition) is 8. The highest BCUT2D eigenvalue weighted by Crippen LogP contribution is 2.19. The molecule has 8 N–H and O–H groups in total. The van der Waals surface area contributed by atoms with Crippen LogP contribution < -0.4 is 32.3 Å². The molecule has 1 aromatic carbocycles. The molecule has 0 aliphatic carbocycles. The maximum Gasteiger partial charge on any atom is 0.326 e. The topological polar surface area (TPSA) is 229 Å². The summed E-state index contributed by atoms with van der Waals surface area (Å²) in [5.41, 5.74) is 6.84. The first kappa shape index (κ1) is 46.0. The van der Waals surface area contributed by atoms with Crippen LogP contribution in [0.1, 0.15) is 86.1 Å². The molecule has 0 spiro atoms. The third-order valence-electron chi connectivity index (χ3n) is 9.48. The van der Waals surface area contributed by atoms with Crippen molar-refractivity contribution in [3.05, 3.63) is 35.9 Å². The number of thiol groups is 1. The maximum absolute atomic E-state index is 13.8. The molecule has 2 rings (SSSR count). The van der Waals surface area contributed by atoms with Crippen molar-refractivity contribution in [1.29, 1.82) is 0 Å². The number of carboxylic acid groups (broad SMARTS) is 1. The second-order valence-electron chi connectivity index (χ2n) is 15.1. The Kier molecular flexibility index (Phi) is 19.0. The largest absolute Gasteiger partial charge is 0.480 e. The van der Waals surface area contributed by atoms with Crippen LogP contribution in [0.4, 0.5) is 0 Å². The van der Waals surface area contributed by atoms with Gasteiger partial charge >= 0.3 is 5.97 Å². The van der Waals surface area contributed by atoms with E-state index in [4.69, 9.17) is 5.73 Å². The SMILES string of the molecule is CCC(C)C(NC(=O)C(CS)NC(=O)C1CCCN1C(=O)C(C)NC(=O)C(Cc1ccccc1)NC(=O)C(CC(C)C)NC(=O)C(N)CC(C)C)C(=O)O. The summed E-state index contributed by atoms with van der Waals surface area (Å²) in [7, 11) is 0. The Morgan fingerprint density at radius 1 is 0.796 bits per heavy atom. The first-order valence-corrected chi connectivity index (χ1v) is 19.5. The molecule has 302 valence electrons. The van der Waals surface area contributed by atoms with E-state index in [0.717, 1.165) is 5.56 Å². The lowest BCUT2D eigenvalue weighted by Gasteiger charge is -2.30. The van der Waals surface area contributed by atoms with Crippen LogP contribution in [0, 0.1) is 17.8 Å². The van der Waals surface area contributed by atoms with E-state index in [0.29, 0.717) is 32.1 Å². The van der Waals surface area contributed by atoms with Gasteiger partial charge < -0.3 is 42.3 Å².